The fourth-order valence-electron chi connectivity index (χ4n) is 4.52. The number of aliphatic hydroxyl groups is 1. The lowest BCUT2D eigenvalue weighted by Crippen LogP contribution is -2.52. The minimum Gasteiger partial charge on any atom is -0.488 e. The predicted octanol–water partition coefficient (Wildman–Crippen LogP) is 2.87. The van der Waals surface area contributed by atoms with Crippen LogP contribution in [0.2, 0.25) is 0 Å². The number of hydrogen-bond donors (Lipinski definition) is 1. The van der Waals surface area contributed by atoms with E-state index in [0.717, 1.165) is 51.0 Å². The third-order valence-electron chi connectivity index (χ3n) is 5.96. The molecule has 1 atom stereocenters. The molecule has 3 aromatic heterocycles. The van der Waals surface area contributed by atoms with Crippen LogP contribution in [-0.4, -0.2) is 50.6 Å². The Morgan fingerprint density at radius 2 is 2.00 bits per heavy atom. The molecule has 2 aliphatic heterocycles. The zero-order chi connectivity index (χ0) is 20.4. The standard InChI is InChI=1S/C22H21N5O3/c1-12-19(13(2)30-25-12)15-6-7-17-20-21(15)29-11-18(16-5-3-4-8-23-16)27(20)22(24-17)26-9-14(28)10-26/h3-8,14,18,28H,9-11H2,1-2H3/t18-/m1/s1. The van der Waals surface area contributed by atoms with Crippen LogP contribution < -0.4 is 9.64 Å². The second kappa shape index (κ2) is 6.30. The summed E-state index contributed by atoms with van der Waals surface area (Å²) in [6, 6.07) is 9.85. The predicted molar refractivity (Wildman–Crippen MR) is 111 cm³/mol. The molecule has 6 rings (SSSR count). The Morgan fingerprint density at radius 1 is 1.13 bits per heavy atom. The molecule has 8 nitrogen and oxygen atoms in total. The van der Waals surface area contributed by atoms with Gasteiger partial charge in [-0.15, -0.1) is 0 Å². The first-order chi connectivity index (χ1) is 14.6. The molecule has 0 unspecified atom stereocenters. The van der Waals surface area contributed by atoms with Crippen molar-refractivity contribution in [1.29, 1.82) is 0 Å². The van der Waals surface area contributed by atoms with Gasteiger partial charge in [0, 0.05) is 24.8 Å². The Hall–Kier alpha value is -3.39. The molecule has 0 spiro atoms. The second-order valence-electron chi connectivity index (χ2n) is 7.93. The zero-order valence-electron chi connectivity index (χ0n) is 16.7. The van der Waals surface area contributed by atoms with Crippen molar-refractivity contribution >= 4 is 17.0 Å². The van der Waals surface area contributed by atoms with Gasteiger partial charge < -0.3 is 19.3 Å². The maximum absolute atomic E-state index is 9.87. The van der Waals surface area contributed by atoms with Crippen LogP contribution >= 0.6 is 0 Å². The average molecular weight is 403 g/mol. The molecule has 0 aliphatic carbocycles. The van der Waals surface area contributed by atoms with Crippen molar-refractivity contribution in [2.24, 2.45) is 0 Å². The SMILES string of the molecule is Cc1noc(C)c1-c1ccc2nc(N3CC(O)C3)n3c2c1OC[C@@H]3c1ccccn1. The number of nitrogens with zero attached hydrogens (tertiary/aromatic N) is 5. The van der Waals surface area contributed by atoms with Gasteiger partial charge in [-0.2, -0.15) is 0 Å². The number of pyridine rings is 1. The fourth-order valence-corrected chi connectivity index (χ4v) is 4.52. The molecule has 0 radical (unpaired) electrons. The van der Waals surface area contributed by atoms with Crippen molar-refractivity contribution < 1.29 is 14.4 Å². The molecule has 1 fully saturated rings. The summed E-state index contributed by atoms with van der Waals surface area (Å²) in [7, 11) is 0. The highest BCUT2D eigenvalue weighted by Gasteiger charge is 2.36. The summed E-state index contributed by atoms with van der Waals surface area (Å²) in [5, 5.41) is 14.0. The largest absolute Gasteiger partial charge is 0.488 e. The van der Waals surface area contributed by atoms with Gasteiger partial charge in [-0.3, -0.25) is 9.55 Å². The molecule has 8 heteroatoms. The summed E-state index contributed by atoms with van der Waals surface area (Å²) in [6.07, 6.45) is 1.48. The van der Waals surface area contributed by atoms with Gasteiger partial charge in [-0.1, -0.05) is 11.2 Å². The minimum absolute atomic E-state index is 0.101. The number of benzene rings is 1. The van der Waals surface area contributed by atoms with Crippen LogP contribution in [0.5, 0.6) is 5.75 Å². The highest BCUT2D eigenvalue weighted by Crippen LogP contribution is 2.46. The number of aryl methyl sites for hydroxylation is 2. The summed E-state index contributed by atoms with van der Waals surface area (Å²) in [5.41, 5.74) is 5.46. The summed E-state index contributed by atoms with van der Waals surface area (Å²) in [6.45, 7) is 5.44. The van der Waals surface area contributed by atoms with Crippen LogP contribution in [0, 0.1) is 13.8 Å². The van der Waals surface area contributed by atoms with E-state index in [9.17, 15) is 5.11 Å². The Kier molecular flexibility index (Phi) is 3.67. The monoisotopic (exact) mass is 403 g/mol. The average Bonchev–Trinajstić information content (AvgIpc) is 3.28. The van der Waals surface area contributed by atoms with E-state index in [4.69, 9.17) is 14.2 Å². The molecule has 0 amide bonds. The molecule has 5 heterocycles. The van der Waals surface area contributed by atoms with Crippen LogP contribution in [0.1, 0.15) is 23.2 Å². The maximum atomic E-state index is 9.87. The summed E-state index contributed by atoms with van der Waals surface area (Å²) >= 11 is 0. The number of imidazole rings is 1. The lowest BCUT2D eigenvalue weighted by atomic mass is 10.0. The third kappa shape index (κ3) is 2.40. The van der Waals surface area contributed by atoms with Gasteiger partial charge in [0.1, 0.15) is 23.9 Å². The van der Waals surface area contributed by atoms with Crippen molar-refractivity contribution in [1.82, 2.24) is 19.7 Å². The van der Waals surface area contributed by atoms with E-state index in [0.29, 0.717) is 19.7 Å². The molecule has 2 aliphatic rings. The number of hydrogen-bond acceptors (Lipinski definition) is 7. The summed E-state index contributed by atoms with van der Waals surface area (Å²) in [5.74, 6) is 2.39. The van der Waals surface area contributed by atoms with Gasteiger partial charge in [0.2, 0.25) is 5.95 Å². The third-order valence-corrected chi connectivity index (χ3v) is 5.96. The maximum Gasteiger partial charge on any atom is 0.207 e. The van der Waals surface area contributed by atoms with Crippen LogP contribution in [0.25, 0.3) is 22.2 Å². The van der Waals surface area contributed by atoms with E-state index < -0.39 is 0 Å². The van der Waals surface area contributed by atoms with E-state index >= 15 is 0 Å². The lowest BCUT2D eigenvalue weighted by Gasteiger charge is -2.38. The number of ether oxygens (including phenoxy) is 1. The molecule has 0 saturated carbocycles. The van der Waals surface area contributed by atoms with Gasteiger partial charge >= 0.3 is 0 Å². The molecule has 0 bridgehead atoms. The van der Waals surface area contributed by atoms with Crippen LogP contribution in [-0.2, 0) is 0 Å². The van der Waals surface area contributed by atoms with Crippen molar-refractivity contribution in [3.8, 4) is 16.9 Å². The molecule has 4 aromatic rings. The van der Waals surface area contributed by atoms with Crippen molar-refractivity contribution in [2.45, 2.75) is 26.0 Å². The van der Waals surface area contributed by atoms with Gasteiger partial charge in [0.05, 0.1) is 28.6 Å². The van der Waals surface area contributed by atoms with Crippen molar-refractivity contribution in [3.05, 3.63) is 53.7 Å². The van der Waals surface area contributed by atoms with Gasteiger partial charge in [0.25, 0.3) is 0 Å². The van der Waals surface area contributed by atoms with Crippen LogP contribution in [0.4, 0.5) is 5.95 Å². The van der Waals surface area contributed by atoms with Crippen LogP contribution in [0.15, 0.2) is 41.1 Å². The highest BCUT2D eigenvalue weighted by atomic mass is 16.5. The van der Waals surface area contributed by atoms with Gasteiger partial charge in [-0.25, -0.2) is 4.98 Å². The Balaban J connectivity index is 1.62. The van der Waals surface area contributed by atoms with E-state index in [2.05, 4.69) is 19.6 Å². The first-order valence-electron chi connectivity index (χ1n) is 10.1. The van der Waals surface area contributed by atoms with E-state index in [1.165, 1.54) is 0 Å². The van der Waals surface area contributed by atoms with Gasteiger partial charge in [0.15, 0.2) is 5.75 Å². The Morgan fingerprint density at radius 3 is 2.70 bits per heavy atom. The van der Waals surface area contributed by atoms with Crippen molar-refractivity contribution in [2.75, 3.05) is 24.6 Å². The molecular weight excluding hydrogens is 382 g/mol. The zero-order valence-corrected chi connectivity index (χ0v) is 16.7. The van der Waals surface area contributed by atoms with Crippen molar-refractivity contribution in [3.63, 3.8) is 0 Å². The molecule has 1 N–H and O–H groups in total. The highest BCUT2D eigenvalue weighted by molar-refractivity contribution is 5.94. The molecule has 1 aromatic carbocycles. The molecule has 1 saturated heterocycles. The smallest absolute Gasteiger partial charge is 0.207 e. The topological polar surface area (TPSA) is 89.4 Å². The first kappa shape index (κ1) is 17.5. The number of rotatable bonds is 3. The number of β-amino-alcohol motifs (C(OH)–C–C–N with tert-alkyl or cyclic N) is 1. The molecule has 152 valence electrons. The number of anilines is 1. The summed E-state index contributed by atoms with van der Waals surface area (Å²) in [4.78, 5) is 11.6. The molecular formula is C22H21N5O3. The minimum atomic E-state index is -0.317. The normalized spacial score (nSPS) is 18.5. The van der Waals surface area contributed by atoms with E-state index in [1.54, 1.807) is 6.20 Å². The fraction of sp³-hybridized carbons (Fsp3) is 0.318. The molecule has 30 heavy (non-hydrogen) atoms. The summed E-state index contributed by atoms with van der Waals surface area (Å²) < 4.78 is 14.0. The first-order valence-corrected chi connectivity index (χ1v) is 10.1. The lowest BCUT2D eigenvalue weighted by molar-refractivity contribution is 0.139. The number of aromatic nitrogens is 4. The van der Waals surface area contributed by atoms with E-state index in [1.807, 2.05) is 44.2 Å². The number of aliphatic hydroxyl groups excluding tert-OH is 1. The Labute approximate surface area is 172 Å². The second-order valence-corrected chi connectivity index (χ2v) is 7.93. The Bertz CT molecular complexity index is 1240. The van der Waals surface area contributed by atoms with Gasteiger partial charge in [-0.05, 0) is 38.1 Å². The quantitative estimate of drug-likeness (QED) is 0.563. The van der Waals surface area contributed by atoms with Crippen LogP contribution in [0.3, 0.4) is 0 Å². The van der Waals surface area contributed by atoms with E-state index in [-0.39, 0.29) is 12.1 Å².